The highest BCUT2D eigenvalue weighted by Crippen LogP contribution is 2.52. The first-order chi connectivity index (χ1) is 17.0. The van der Waals surface area contributed by atoms with Crippen LogP contribution in [0.2, 0.25) is 0 Å². The van der Waals surface area contributed by atoms with Gasteiger partial charge in [-0.25, -0.2) is 4.57 Å². The van der Waals surface area contributed by atoms with Crippen molar-refractivity contribution in [2.24, 2.45) is 7.05 Å². The van der Waals surface area contributed by atoms with Gasteiger partial charge in [-0.2, -0.15) is 0 Å². The number of aryl methyl sites for hydroxylation is 2. The zero-order valence-electron chi connectivity index (χ0n) is 23.1. The highest BCUT2D eigenvalue weighted by atomic mass is 14.9. The molecule has 0 atom stereocenters. The van der Waals surface area contributed by atoms with E-state index in [1.165, 1.54) is 50.1 Å². The van der Waals surface area contributed by atoms with E-state index in [1.54, 1.807) is 20.0 Å². The van der Waals surface area contributed by atoms with Gasteiger partial charge in [0.15, 0.2) is 6.20 Å². The van der Waals surface area contributed by atoms with Gasteiger partial charge in [-0.1, -0.05) is 62.4 Å². The molecule has 0 saturated heterocycles. The van der Waals surface area contributed by atoms with Gasteiger partial charge in [0.25, 0.3) is 0 Å². The highest BCUT2D eigenvalue weighted by Gasteiger charge is 2.35. The zero-order chi connectivity index (χ0) is 25.6. The average Bonchev–Trinajstić information content (AvgIpc) is 3.38. The molecule has 1 nitrogen and oxygen atoms in total. The number of benzene rings is 3. The van der Waals surface area contributed by atoms with E-state index in [0.717, 1.165) is 24.1 Å². The lowest BCUT2D eigenvalue weighted by Gasteiger charge is -2.19. The molecule has 2 aliphatic carbocycles. The van der Waals surface area contributed by atoms with Gasteiger partial charge in [0, 0.05) is 17.1 Å². The smallest absolute Gasteiger partial charge is 0.201 e. The van der Waals surface area contributed by atoms with E-state index in [-0.39, 0.29) is 5.56 Å². The molecule has 6 rings (SSSR count). The summed E-state index contributed by atoms with van der Waals surface area (Å²) < 4.78 is 35.2. The Labute approximate surface area is 197 Å². The molecule has 1 heteroatoms. The molecule has 4 aromatic rings. The van der Waals surface area contributed by atoms with Gasteiger partial charge in [0.05, 0.1) is 5.56 Å². The Morgan fingerprint density at radius 2 is 1.47 bits per heavy atom. The predicted molar refractivity (Wildman–Crippen MR) is 133 cm³/mol. The van der Waals surface area contributed by atoms with Crippen LogP contribution in [0, 0.1) is 13.8 Å². The lowest BCUT2D eigenvalue weighted by molar-refractivity contribution is -0.660. The molecule has 0 radical (unpaired) electrons. The van der Waals surface area contributed by atoms with E-state index in [2.05, 4.69) is 55.5 Å². The first-order valence-electron chi connectivity index (χ1n) is 13.4. The van der Waals surface area contributed by atoms with Crippen LogP contribution in [-0.4, -0.2) is 0 Å². The summed E-state index contributed by atoms with van der Waals surface area (Å²) in [6.45, 7) is 3.46. The summed E-state index contributed by atoms with van der Waals surface area (Å²) in [5.74, 6) is -1.05. The Hall–Kier alpha value is -3.19. The Morgan fingerprint density at radius 3 is 2.09 bits per heavy atom. The van der Waals surface area contributed by atoms with Crippen LogP contribution in [-0.2, 0) is 19.9 Å². The first kappa shape index (κ1) is 15.6. The number of pyridine rings is 1. The second-order valence-corrected chi connectivity index (χ2v) is 9.47. The molecular formula is C31H30N+. The number of hydrogen-bond acceptors (Lipinski definition) is 0. The molecule has 158 valence electrons. The molecule has 0 unspecified atom stereocenters. The third kappa shape index (κ3) is 2.60. The zero-order valence-corrected chi connectivity index (χ0v) is 19.1. The minimum absolute atomic E-state index is 0.245. The number of rotatable bonds is 2. The van der Waals surface area contributed by atoms with E-state index >= 15 is 0 Å². The number of hydrogen-bond donors (Lipinski definition) is 0. The summed E-state index contributed by atoms with van der Waals surface area (Å²) in [4.78, 5) is 0. The van der Waals surface area contributed by atoms with E-state index < -0.39 is 12.7 Å². The van der Waals surface area contributed by atoms with Crippen LogP contribution in [0.5, 0.6) is 0 Å². The van der Waals surface area contributed by atoms with Crippen molar-refractivity contribution in [2.45, 2.75) is 46.4 Å². The quantitative estimate of drug-likeness (QED) is 0.264. The van der Waals surface area contributed by atoms with E-state index in [9.17, 15) is 0 Å². The standard InChI is InChI=1S/C31H30N/c1-18(2)25-16-28(32(5)17-19(25)3)30-20(4)29-23-12-8-6-10-21(23)14-26(29)27-15-22-11-7-9-13-24(22)31(27)30/h6-13,16-18H,14-15H2,1-5H3/q+1/i3D3,18D. The normalized spacial score (nSPS) is 15.8. The maximum absolute atomic E-state index is 8.81. The molecular weight excluding hydrogens is 386 g/mol. The van der Waals surface area contributed by atoms with Gasteiger partial charge in [0.1, 0.15) is 7.05 Å². The maximum atomic E-state index is 8.81. The maximum Gasteiger partial charge on any atom is 0.213 e. The minimum Gasteiger partial charge on any atom is -0.201 e. The lowest BCUT2D eigenvalue weighted by Crippen LogP contribution is -2.32. The van der Waals surface area contributed by atoms with Crippen molar-refractivity contribution in [1.29, 1.82) is 0 Å². The second kappa shape index (κ2) is 6.90. The van der Waals surface area contributed by atoms with Crippen LogP contribution in [0.3, 0.4) is 0 Å². The summed E-state index contributed by atoms with van der Waals surface area (Å²) in [6.07, 6.45) is 3.57. The number of aromatic nitrogens is 1. The Bertz CT molecular complexity index is 1570. The van der Waals surface area contributed by atoms with Gasteiger partial charge in [-0.05, 0) is 88.1 Å². The SMILES string of the molecule is [2H]C([2H])([2H])c1c[n+](C)c(-c2c(C)c3c(c4c2-c2ccccc2C4)Cc2ccccc2-3)cc1C([2H])(C)C. The van der Waals surface area contributed by atoms with Crippen molar-refractivity contribution in [3.8, 4) is 33.5 Å². The van der Waals surface area contributed by atoms with Crippen LogP contribution >= 0.6 is 0 Å². The molecule has 0 bridgehead atoms. The van der Waals surface area contributed by atoms with Gasteiger partial charge < -0.3 is 0 Å². The fraction of sp³-hybridized carbons (Fsp3) is 0.258. The van der Waals surface area contributed by atoms with Gasteiger partial charge in [-0.15, -0.1) is 0 Å². The highest BCUT2D eigenvalue weighted by molar-refractivity contribution is 5.98. The molecule has 0 fully saturated rings. The minimum atomic E-state index is -2.29. The Kier molecular flexibility index (Phi) is 3.36. The predicted octanol–water partition coefficient (Wildman–Crippen LogP) is 7.06. The molecule has 0 N–H and O–H groups in total. The van der Waals surface area contributed by atoms with E-state index in [1.807, 2.05) is 17.7 Å². The summed E-state index contributed by atoms with van der Waals surface area (Å²) in [6, 6.07) is 19.3. The van der Waals surface area contributed by atoms with Crippen molar-refractivity contribution in [1.82, 2.24) is 0 Å². The third-order valence-corrected chi connectivity index (χ3v) is 7.34. The fourth-order valence-electron chi connectivity index (χ4n) is 5.89. The van der Waals surface area contributed by atoms with Crippen LogP contribution in [0.4, 0.5) is 0 Å². The second-order valence-electron chi connectivity index (χ2n) is 9.47. The lowest BCUT2D eigenvalue weighted by atomic mass is 9.84. The van der Waals surface area contributed by atoms with Crippen molar-refractivity contribution in [3.05, 3.63) is 99.7 Å². The monoisotopic (exact) mass is 420 g/mol. The summed E-state index contributed by atoms with van der Waals surface area (Å²) in [5.41, 5.74) is 14.8. The molecule has 0 spiro atoms. The van der Waals surface area contributed by atoms with E-state index in [0.29, 0.717) is 5.56 Å². The van der Waals surface area contributed by atoms with Crippen LogP contribution in [0.15, 0.2) is 60.8 Å². The van der Waals surface area contributed by atoms with Crippen molar-refractivity contribution in [3.63, 3.8) is 0 Å². The largest absolute Gasteiger partial charge is 0.213 e. The first-order valence-corrected chi connectivity index (χ1v) is 11.4. The van der Waals surface area contributed by atoms with Gasteiger partial charge in [-0.3, -0.25) is 0 Å². The van der Waals surface area contributed by atoms with Crippen molar-refractivity contribution < 1.29 is 10.1 Å². The molecule has 0 aliphatic heterocycles. The Morgan fingerprint density at radius 1 is 0.875 bits per heavy atom. The summed E-state index contributed by atoms with van der Waals surface area (Å²) in [5, 5.41) is 0. The van der Waals surface area contributed by atoms with E-state index in [4.69, 9.17) is 5.48 Å². The number of fused-ring (bicyclic) bond motifs is 7. The summed E-state index contributed by atoms with van der Waals surface area (Å²) >= 11 is 0. The van der Waals surface area contributed by atoms with Crippen molar-refractivity contribution in [2.75, 3.05) is 0 Å². The van der Waals surface area contributed by atoms with Crippen LogP contribution in [0.1, 0.15) is 64.2 Å². The topological polar surface area (TPSA) is 3.88 Å². The van der Waals surface area contributed by atoms with Crippen molar-refractivity contribution >= 4 is 0 Å². The van der Waals surface area contributed by atoms with Gasteiger partial charge in [0.2, 0.25) is 5.69 Å². The summed E-state index contributed by atoms with van der Waals surface area (Å²) in [7, 11) is 1.93. The average molecular weight is 421 g/mol. The molecule has 3 aromatic carbocycles. The Balaban J connectivity index is 1.74. The molecule has 0 saturated carbocycles. The third-order valence-electron chi connectivity index (χ3n) is 7.34. The van der Waals surface area contributed by atoms with Crippen LogP contribution < -0.4 is 4.57 Å². The molecule has 1 heterocycles. The fourth-order valence-corrected chi connectivity index (χ4v) is 5.89. The van der Waals surface area contributed by atoms with Gasteiger partial charge >= 0.3 is 0 Å². The number of nitrogens with zero attached hydrogens (tertiary/aromatic N) is 1. The molecule has 1 aromatic heterocycles. The van der Waals surface area contributed by atoms with Crippen LogP contribution in [0.25, 0.3) is 33.5 Å². The molecule has 0 amide bonds. The molecule has 2 aliphatic rings. The molecule has 32 heavy (non-hydrogen) atoms.